The van der Waals surface area contributed by atoms with Crippen LogP contribution in [0.2, 0.25) is 0 Å². The third kappa shape index (κ3) is 5.00. The van der Waals surface area contributed by atoms with Gasteiger partial charge in [-0.25, -0.2) is 9.18 Å². The minimum absolute atomic E-state index is 0.145. The molecule has 2 aromatic carbocycles. The highest BCUT2D eigenvalue weighted by Crippen LogP contribution is 2.19. The number of nitrogens with one attached hydrogen (secondary N) is 2. The van der Waals surface area contributed by atoms with Crippen molar-refractivity contribution in [3.8, 4) is 0 Å². The van der Waals surface area contributed by atoms with Crippen molar-refractivity contribution in [1.29, 1.82) is 0 Å². The summed E-state index contributed by atoms with van der Waals surface area (Å²) in [4.78, 5) is 31.2. The van der Waals surface area contributed by atoms with E-state index in [1.807, 2.05) is 35.7 Å². The van der Waals surface area contributed by atoms with Crippen LogP contribution in [-0.2, 0) is 19.5 Å². The molecule has 2 aromatic heterocycles. The molecule has 0 aliphatic heterocycles. The molecule has 158 valence electrons. The average Bonchev–Trinajstić information content (AvgIpc) is 3.28. The lowest BCUT2D eigenvalue weighted by atomic mass is 10.1. The number of carbonyl (C=O) groups excluding carboxylic acids is 1. The van der Waals surface area contributed by atoms with Crippen molar-refractivity contribution >= 4 is 34.0 Å². The maximum absolute atomic E-state index is 13.2. The number of aromatic nitrogens is 1. The molecule has 0 spiro atoms. The van der Waals surface area contributed by atoms with Crippen LogP contribution in [0.25, 0.3) is 10.9 Å². The number of thiophene rings is 1. The maximum atomic E-state index is 13.2. The second kappa shape index (κ2) is 9.14. The first-order valence-electron chi connectivity index (χ1n) is 10.0. The molecule has 0 saturated heterocycles. The first-order chi connectivity index (χ1) is 15.0. The van der Waals surface area contributed by atoms with Crippen LogP contribution in [0.5, 0.6) is 0 Å². The predicted molar refractivity (Wildman–Crippen MR) is 123 cm³/mol. The van der Waals surface area contributed by atoms with Crippen LogP contribution in [0.1, 0.15) is 22.9 Å². The summed E-state index contributed by atoms with van der Waals surface area (Å²) in [5.74, 6) is -0.373. The van der Waals surface area contributed by atoms with Gasteiger partial charge < -0.3 is 15.2 Å². The maximum Gasteiger partial charge on any atom is 0.322 e. The van der Waals surface area contributed by atoms with Crippen LogP contribution in [0.4, 0.5) is 14.9 Å². The summed E-state index contributed by atoms with van der Waals surface area (Å²) in [5, 5.41) is 5.67. The average molecular weight is 436 g/mol. The summed E-state index contributed by atoms with van der Waals surface area (Å²) < 4.78 is 13.2. The molecular formula is C24H22FN3O2S. The van der Waals surface area contributed by atoms with Gasteiger partial charge in [0.15, 0.2) is 0 Å². The van der Waals surface area contributed by atoms with Crippen molar-refractivity contribution in [3.63, 3.8) is 0 Å². The smallest absolute Gasteiger partial charge is 0.322 e. The number of fused-ring (bicyclic) bond motifs is 1. The number of amides is 2. The fourth-order valence-electron chi connectivity index (χ4n) is 3.37. The Morgan fingerprint density at radius 1 is 1.10 bits per heavy atom. The van der Waals surface area contributed by atoms with Crippen molar-refractivity contribution in [3.05, 3.63) is 98.2 Å². The third-order valence-corrected chi connectivity index (χ3v) is 5.93. The highest BCUT2D eigenvalue weighted by atomic mass is 32.1. The molecule has 0 aliphatic rings. The quantitative estimate of drug-likeness (QED) is 0.418. The van der Waals surface area contributed by atoms with E-state index < -0.39 is 0 Å². The Morgan fingerprint density at radius 2 is 1.90 bits per heavy atom. The van der Waals surface area contributed by atoms with E-state index in [0.29, 0.717) is 17.8 Å². The Hall–Kier alpha value is -3.45. The standard InChI is InChI=1S/C24H22FN3O2S/c1-2-16-5-10-22-17(12-16)13-18(23(29)27-22)14-28(15-21-4-3-11-31-21)24(30)26-20-8-6-19(25)7-9-20/h3-13H,2,14-15H2,1H3,(H,26,30)(H,27,29). The van der Waals surface area contributed by atoms with Crippen molar-refractivity contribution in [2.24, 2.45) is 0 Å². The van der Waals surface area contributed by atoms with E-state index >= 15 is 0 Å². The van der Waals surface area contributed by atoms with Crippen molar-refractivity contribution in [1.82, 2.24) is 9.88 Å². The van der Waals surface area contributed by atoms with Gasteiger partial charge in [0.1, 0.15) is 5.82 Å². The monoisotopic (exact) mass is 435 g/mol. The largest absolute Gasteiger partial charge is 0.322 e. The summed E-state index contributed by atoms with van der Waals surface area (Å²) in [7, 11) is 0. The van der Waals surface area contributed by atoms with Gasteiger partial charge in [0.05, 0.1) is 13.1 Å². The third-order valence-electron chi connectivity index (χ3n) is 5.06. The number of anilines is 1. The molecule has 2 N–H and O–H groups in total. The molecule has 2 amide bonds. The topological polar surface area (TPSA) is 65.2 Å². The molecule has 0 radical (unpaired) electrons. The fraction of sp³-hybridized carbons (Fsp3) is 0.167. The number of pyridine rings is 1. The molecule has 7 heteroatoms. The van der Waals surface area contributed by atoms with Gasteiger partial charge in [0, 0.05) is 21.6 Å². The van der Waals surface area contributed by atoms with Crippen LogP contribution in [0.3, 0.4) is 0 Å². The fourth-order valence-corrected chi connectivity index (χ4v) is 4.09. The van der Waals surface area contributed by atoms with Gasteiger partial charge >= 0.3 is 6.03 Å². The van der Waals surface area contributed by atoms with Gasteiger partial charge in [-0.1, -0.05) is 19.1 Å². The molecule has 0 aliphatic carbocycles. The van der Waals surface area contributed by atoms with E-state index in [4.69, 9.17) is 0 Å². The first kappa shape index (κ1) is 20.8. The first-order valence-corrected chi connectivity index (χ1v) is 10.9. The molecule has 0 atom stereocenters. The van der Waals surface area contributed by atoms with E-state index in [-0.39, 0.29) is 24.0 Å². The molecule has 0 fully saturated rings. The number of benzene rings is 2. The van der Waals surface area contributed by atoms with Crippen LogP contribution >= 0.6 is 11.3 Å². The van der Waals surface area contributed by atoms with Crippen molar-refractivity contribution < 1.29 is 9.18 Å². The minimum atomic E-state index is -0.373. The molecular weight excluding hydrogens is 413 g/mol. The van der Waals surface area contributed by atoms with Crippen LogP contribution in [-0.4, -0.2) is 15.9 Å². The number of halogens is 1. The highest BCUT2D eigenvalue weighted by Gasteiger charge is 2.18. The van der Waals surface area contributed by atoms with Crippen LogP contribution in [0.15, 0.2) is 70.8 Å². The second-order valence-corrected chi connectivity index (χ2v) is 8.30. The lowest BCUT2D eigenvalue weighted by Crippen LogP contribution is -2.35. The number of nitrogens with zero attached hydrogens (tertiary/aromatic N) is 1. The Kier molecular flexibility index (Phi) is 6.13. The predicted octanol–water partition coefficient (Wildman–Crippen LogP) is 5.53. The van der Waals surface area contributed by atoms with E-state index in [0.717, 1.165) is 22.2 Å². The zero-order valence-electron chi connectivity index (χ0n) is 17.0. The van der Waals surface area contributed by atoms with Crippen LogP contribution < -0.4 is 10.9 Å². The zero-order chi connectivity index (χ0) is 21.8. The van der Waals surface area contributed by atoms with Gasteiger partial charge in [0.25, 0.3) is 5.56 Å². The normalized spacial score (nSPS) is 10.9. The number of hydrogen-bond acceptors (Lipinski definition) is 3. The van der Waals surface area contributed by atoms with Crippen LogP contribution in [0, 0.1) is 5.82 Å². The lowest BCUT2D eigenvalue weighted by Gasteiger charge is -2.22. The second-order valence-electron chi connectivity index (χ2n) is 7.27. The van der Waals surface area contributed by atoms with E-state index in [9.17, 15) is 14.0 Å². The van der Waals surface area contributed by atoms with Crippen molar-refractivity contribution in [2.45, 2.75) is 26.4 Å². The number of aromatic amines is 1. The van der Waals surface area contributed by atoms with Gasteiger partial charge in [-0.05, 0) is 71.3 Å². The Labute approximate surface area is 183 Å². The lowest BCUT2D eigenvalue weighted by molar-refractivity contribution is 0.207. The minimum Gasteiger partial charge on any atom is -0.322 e. The molecule has 31 heavy (non-hydrogen) atoms. The summed E-state index contributed by atoms with van der Waals surface area (Å²) in [6.45, 7) is 2.58. The number of rotatable bonds is 6. The zero-order valence-corrected chi connectivity index (χ0v) is 17.8. The SMILES string of the molecule is CCc1ccc2[nH]c(=O)c(CN(Cc3cccs3)C(=O)Nc3ccc(F)cc3)cc2c1. The van der Waals surface area contributed by atoms with Gasteiger partial charge in [-0.15, -0.1) is 11.3 Å². The van der Waals surface area contributed by atoms with Crippen molar-refractivity contribution in [2.75, 3.05) is 5.32 Å². The molecule has 4 aromatic rings. The Balaban J connectivity index is 1.63. The molecule has 2 heterocycles. The number of urea groups is 1. The summed E-state index contributed by atoms with van der Waals surface area (Å²) in [6.07, 6.45) is 0.898. The molecule has 4 rings (SSSR count). The molecule has 0 bridgehead atoms. The number of aryl methyl sites for hydroxylation is 1. The molecule has 0 saturated carbocycles. The molecule has 5 nitrogen and oxygen atoms in total. The van der Waals surface area contributed by atoms with Gasteiger partial charge in [-0.2, -0.15) is 0 Å². The number of hydrogen-bond donors (Lipinski definition) is 2. The highest BCUT2D eigenvalue weighted by molar-refractivity contribution is 7.09. The summed E-state index contributed by atoms with van der Waals surface area (Å²) in [6, 6.07) is 16.9. The number of H-pyrrole nitrogens is 1. The Morgan fingerprint density at radius 3 is 2.61 bits per heavy atom. The van der Waals surface area contributed by atoms with Gasteiger partial charge in [-0.3, -0.25) is 4.79 Å². The van der Waals surface area contributed by atoms with E-state index in [1.54, 1.807) is 16.2 Å². The van der Waals surface area contributed by atoms with E-state index in [1.165, 1.54) is 29.8 Å². The number of carbonyl (C=O) groups is 1. The van der Waals surface area contributed by atoms with E-state index in [2.05, 4.69) is 23.3 Å². The summed E-state index contributed by atoms with van der Waals surface area (Å²) >= 11 is 1.54. The Bertz CT molecular complexity index is 1250. The van der Waals surface area contributed by atoms with Gasteiger partial charge in [0.2, 0.25) is 0 Å². The summed E-state index contributed by atoms with van der Waals surface area (Å²) in [5.41, 5.74) is 2.72. The molecule has 0 unspecified atom stereocenters.